The predicted octanol–water partition coefficient (Wildman–Crippen LogP) is 4.29. The summed E-state index contributed by atoms with van der Waals surface area (Å²) in [6.45, 7) is 2.62. The molecule has 0 unspecified atom stereocenters. The molecule has 0 saturated carbocycles. The first kappa shape index (κ1) is 23.9. The second kappa shape index (κ2) is 10.4. The van der Waals surface area contributed by atoms with Gasteiger partial charge in [0.2, 0.25) is 10.0 Å². The summed E-state index contributed by atoms with van der Waals surface area (Å²) in [6, 6.07) is 18.1. The minimum Gasteiger partial charge on any atom is -0.492 e. The third-order valence-electron chi connectivity index (χ3n) is 5.76. The first-order valence-electron chi connectivity index (χ1n) is 11.2. The van der Waals surface area contributed by atoms with Crippen LogP contribution in [0.5, 0.6) is 5.75 Å². The number of carbonyl (C=O) groups excluding carboxylic acids is 1. The molecule has 8 heteroatoms. The molecule has 1 heterocycles. The van der Waals surface area contributed by atoms with E-state index in [0.29, 0.717) is 22.4 Å². The van der Waals surface area contributed by atoms with Crippen molar-refractivity contribution < 1.29 is 22.3 Å². The fourth-order valence-corrected chi connectivity index (χ4v) is 5.30. The molecule has 6 nitrogen and oxygen atoms in total. The molecule has 0 spiro atoms. The fourth-order valence-electron chi connectivity index (χ4n) is 3.90. The first-order valence-corrected chi connectivity index (χ1v) is 12.7. The number of fused-ring (bicyclic) bond motifs is 1. The maximum Gasteiger partial charge on any atom is 0.251 e. The Hall–Kier alpha value is -3.23. The third-order valence-corrected chi connectivity index (χ3v) is 7.62. The van der Waals surface area contributed by atoms with Gasteiger partial charge < -0.3 is 10.1 Å². The largest absolute Gasteiger partial charge is 0.492 e. The summed E-state index contributed by atoms with van der Waals surface area (Å²) in [7, 11) is -3.73. The number of aryl methyl sites for hydroxylation is 1. The molecular weight excluding hydrogens is 455 g/mol. The third kappa shape index (κ3) is 5.29. The lowest BCUT2D eigenvalue weighted by molar-refractivity contribution is 0.0950. The Morgan fingerprint density at radius 3 is 2.59 bits per heavy atom. The Balaban J connectivity index is 1.51. The van der Waals surface area contributed by atoms with Gasteiger partial charge in [0.25, 0.3) is 5.91 Å². The van der Waals surface area contributed by atoms with Crippen molar-refractivity contribution in [3.63, 3.8) is 0 Å². The van der Waals surface area contributed by atoms with Crippen molar-refractivity contribution in [3.05, 3.63) is 94.8 Å². The summed E-state index contributed by atoms with van der Waals surface area (Å²) in [4.78, 5) is 12.9. The maximum absolute atomic E-state index is 13.8. The number of nitrogens with one attached hydrogen (secondary N) is 1. The highest BCUT2D eigenvalue weighted by Gasteiger charge is 2.28. The minimum atomic E-state index is -3.73. The summed E-state index contributed by atoms with van der Waals surface area (Å²) in [5.74, 6) is -0.223. The zero-order chi connectivity index (χ0) is 24.1. The molecule has 1 N–H and O–H groups in total. The quantitative estimate of drug-likeness (QED) is 0.545. The van der Waals surface area contributed by atoms with Gasteiger partial charge in [0.1, 0.15) is 18.2 Å². The Morgan fingerprint density at radius 1 is 1.09 bits per heavy atom. The van der Waals surface area contributed by atoms with Crippen molar-refractivity contribution in [3.8, 4) is 5.75 Å². The summed E-state index contributed by atoms with van der Waals surface area (Å²) in [5.41, 5.74) is 2.43. The zero-order valence-corrected chi connectivity index (χ0v) is 19.8. The van der Waals surface area contributed by atoms with Gasteiger partial charge in [0, 0.05) is 36.3 Å². The second-order valence-electron chi connectivity index (χ2n) is 8.18. The molecule has 1 aliphatic rings. The van der Waals surface area contributed by atoms with Gasteiger partial charge in [-0.15, -0.1) is 0 Å². The van der Waals surface area contributed by atoms with Crippen LogP contribution in [0.4, 0.5) is 4.39 Å². The van der Waals surface area contributed by atoms with E-state index < -0.39 is 10.0 Å². The van der Waals surface area contributed by atoms with Crippen LogP contribution in [-0.4, -0.2) is 31.8 Å². The highest BCUT2D eigenvalue weighted by Crippen LogP contribution is 2.28. The summed E-state index contributed by atoms with van der Waals surface area (Å²) >= 11 is 0. The number of halogens is 1. The van der Waals surface area contributed by atoms with Gasteiger partial charge in [-0.25, -0.2) is 12.8 Å². The van der Waals surface area contributed by atoms with E-state index in [9.17, 15) is 17.6 Å². The van der Waals surface area contributed by atoms with Crippen molar-refractivity contribution in [2.75, 3.05) is 13.2 Å². The molecule has 3 aromatic carbocycles. The number of amides is 1. The Kier molecular flexibility index (Phi) is 7.29. The van der Waals surface area contributed by atoms with Crippen LogP contribution in [0.1, 0.15) is 40.4 Å². The molecule has 1 amide bonds. The van der Waals surface area contributed by atoms with Crippen LogP contribution in [0.15, 0.2) is 71.6 Å². The molecule has 0 bridgehead atoms. The Labute approximate surface area is 199 Å². The van der Waals surface area contributed by atoms with E-state index in [1.165, 1.54) is 10.4 Å². The van der Waals surface area contributed by atoms with E-state index in [1.807, 2.05) is 12.1 Å². The van der Waals surface area contributed by atoms with E-state index in [2.05, 4.69) is 12.2 Å². The molecule has 0 fully saturated rings. The molecule has 0 aliphatic carbocycles. The zero-order valence-electron chi connectivity index (χ0n) is 19.0. The van der Waals surface area contributed by atoms with Crippen molar-refractivity contribution >= 4 is 15.9 Å². The van der Waals surface area contributed by atoms with Gasteiger partial charge in [-0.1, -0.05) is 43.7 Å². The van der Waals surface area contributed by atoms with Crippen LogP contribution < -0.4 is 10.1 Å². The second-order valence-corrected chi connectivity index (χ2v) is 10.1. The smallest absolute Gasteiger partial charge is 0.251 e. The van der Waals surface area contributed by atoms with Crippen LogP contribution in [0, 0.1) is 5.82 Å². The SMILES string of the molecule is CCCc1ccc(S(=O)(=O)N2CCOc3ccc(C(=O)NCc4ccccc4F)cc3C2)cc1. The van der Waals surface area contributed by atoms with Crippen LogP contribution in [-0.2, 0) is 29.5 Å². The standard InChI is InChI=1S/C26H27FN2O4S/c1-2-5-19-8-11-23(12-9-19)34(31,32)29-14-15-33-25-13-10-20(16-22(25)18-29)26(30)28-17-21-6-3-4-7-24(21)27/h3-4,6-13,16H,2,5,14-15,17-18H2,1H3,(H,28,30). The molecule has 0 radical (unpaired) electrons. The predicted molar refractivity (Wildman–Crippen MR) is 128 cm³/mol. The number of carbonyl (C=O) groups is 1. The number of rotatable bonds is 7. The number of ether oxygens (including phenoxy) is 1. The van der Waals surface area contributed by atoms with Crippen molar-refractivity contribution in [1.29, 1.82) is 0 Å². The van der Waals surface area contributed by atoms with Gasteiger partial charge in [-0.2, -0.15) is 4.31 Å². The number of nitrogens with zero attached hydrogens (tertiary/aromatic N) is 1. The molecule has 178 valence electrons. The van der Waals surface area contributed by atoms with Gasteiger partial charge in [0.05, 0.1) is 4.90 Å². The lowest BCUT2D eigenvalue weighted by Gasteiger charge is -2.20. The first-order chi connectivity index (χ1) is 16.4. The van der Waals surface area contributed by atoms with Crippen LogP contribution >= 0.6 is 0 Å². The Morgan fingerprint density at radius 2 is 1.85 bits per heavy atom. The highest BCUT2D eigenvalue weighted by atomic mass is 32.2. The monoisotopic (exact) mass is 482 g/mol. The number of sulfonamides is 1. The van der Waals surface area contributed by atoms with E-state index in [-0.39, 0.29) is 42.9 Å². The average Bonchev–Trinajstić information content (AvgIpc) is 3.06. The van der Waals surface area contributed by atoms with Gasteiger partial charge in [-0.3, -0.25) is 4.79 Å². The van der Waals surface area contributed by atoms with E-state index in [0.717, 1.165) is 18.4 Å². The summed E-state index contributed by atoms with van der Waals surface area (Å²) in [5, 5.41) is 2.71. The van der Waals surface area contributed by atoms with Crippen LogP contribution in [0.2, 0.25) is 0 Å². The topological polar surface area (TPSA) is 75.7 Å². The van der Waals surface area contributed by atoms with Gasteiger partial charge >= 0.3 is 0 Å². The summed E-state index contributed by atoms with van der Waals surface area (Å²) in [6.07, 6.45) is 1.88. The molecule has 0 aromatic heterocycles. The van der Waals surface area contributed by atoms with Gasteiger partial charge in [0.15, 0.2) is 0 Å². The van der Waals surface area contributed by atoms with Crippen LogP contribution in [0.25, 0.3) is 0 Å². The molecule has 4 rings (SSSR count). The number of hydrogen-bond acceptors (Lipinski definition) is 4. The highest BCUT2D eigenvalue weighted by molar-refractivity contribution is 7.89. The lowest BCUT2D eigenvalue weighted by Crippen LogP contribution is -2.32. The Bertz CT molecular complexity index is 1280. The molecule has 3 aromatic rings. The van der Waals surface area contributed by atoms with E-state index in [4.69, 9.17) is 4.74 Å². The summed E-state index contributed by atoms with van der Waals surface area (Å²) < 4.78 is 47.5. The molecular formula is C26H27FN2O4S. The fraction of sp³-hybridized carbons (Fsp3) is 0.269. The molecule has 0 atom stereocenters. The lowest BCUT2D eigenvalue weighted by atomic mass is 10.1. The van der Waals surface area contributed by atoms with E-state index >= 15 is 0 Å². The van der Waals surface area contributed by atoms with Crippen LogP contribution in [0.3, 0.4) is 0 Å². The normalized spacial score (nSPS) is 14.1. The van der Waals surface area contributed by atoms with Gasteiger partial charge in [-0.05, 0) is 48.4 Å². The molecule has 1 aliphatic heterocycles. The molecule has 34 heavy (non-hydrogen) atoms. The minimum absolute atomic E-state index is 0.0492. The number of hydrogen-bond donors (Lipinski definition) is 1. The number of benzene rings is 3. The average molecular weight is 483 g/mol. The molecule has 0 saturated heterocycles. The van der Waals surface area contributed by atoms with Crippen molar-refractivity contribution in [2.24, 2.45) is 0 Å². The van der Waals surface area contributed by atoms with Crippen molar-refractivity contribution in [2.45, 2.75) is 37.8 Å². The van der Waals surface area contributed by atoms with E-state index in [1.54, 1.807) is 48.5 Å². The van der Waals surface area contributed by atoms with Crippen molar-refractivity contribution in [1.82, 2.24) is 9.62 Å². The maximum atomic E-state index is 13.8.